The molecule has 2 aliphatic carbocycles. The molecule has 16 heavy (non-hydrogen) atoms. The van der Waals surface area contributed by atoms with Gasteiger partial charge in [-0.15, -0.1) is 0 Å². The van der Waals surface area contributed by atoms with Crippen molar-refractivity contribution >= 4 is 5.91 Å². The zero-order valence-electron chi connectivity index (χ0n) is 10.1. The first-order chi connectivity index (χ1) is 7.86. The fraction of sp³-hybridized carbons (Fsp3) is 0.923. The summed E-state index contributed by atoms with van der Waals surface area (Å²) in [7, 11) is 0. The van der Waals surface area contributed by atoms with E-state index < -0.39 is 0 Å². The number of hydrogen-bond donors (Lipinski definition) is 2. The second kappa shape index (κ2) is 6.24. The lowest BCUT2D eigenvalue weighted by molar-refractivity contribution is -0.125. The number of hydrogen-bond acceptors (Lipinski definition) is 2. The Balaban J connectivity index is 1.48. The van der Waals surface area contributed by atoms with Crippen LogP contribution in [0.25, 0.3) is 0 Å². The maximum absolute atomic E-state index is 11.8. The van der Waals surface area contributed by atoms with Crippen molar-refractivity contribution in [2.45, 2.75) is 57.4 Å². The van der Waals surface area contributed by atoms with E-state index in [1.165, 1.54) is 32.1 Å². The normalized spacial score (nSPS) is 22.0. The molecule has 92 valence electrons. The minimum Gasteiger partial charge on any atom is -0.356 e. The lowest BCUT2D eigenvalue weighted by atomic mass is 9.89. The van der Waals surface area contributed by atoms with Crippen LogP contribution in [-0.2, 0) is 4.79 Å². The van der Waals surface area contributed by atoms with Gasteiger partial charge in [0.25, 0.3) is 0 Å². The quantitative estimate of drug-likeness (QED) is 0.676. The van der Waals surface area contributed by atoms with Crippen LogP contribution in [0.3, 0.4) is 0 Å². The van der Waals surface area contributed by atoms with E-state index in [1.807, 2.05) is 0 Å². The van der Waals surface area contributed by atoms with Crippen molar-refractivity contribution in [2.75, 3.05) is 13.1 Å². The fourth-order valence-corrected chi connectivity index (χ4v) is 2.40. The summed E-state index contributed by atoms with van der Waals surface area (Å²) in [6.07, 6.45) is 9.74. The molecule has 0 spiro atoms. The number of amides is 1. The van der Waals surface area contributed by atoms with E-state index in [4.69, 9.17) is 0 Å². The summed E-state index contributed by atoms with van der Waals surface area (Å²) in [5.74, 6) is 0.608. The van der Waals surface area contributed by atoms with E-state index in [0.29, 0.717) is 11.8 Å². The highest BCUT2D eigenvalue weighted by molar-refractivity contribution is 5.78. The van der Waals surface area contributed by atoms with Crippen LogP contribution < -0.4 is 10.6 Å². The molecule has 3 heteroatoms. The van der Waals surface area contributed by atoms with Crippen LogP contribution in [0.2, 0.25) is 0 Å². The summed E-state index contributed by atoms with van der Waals surface area (Å²) in [4.78, 5) is 11.8. The largest absolute Gasteiger partial charge is 0.356 e. The van der Waals surface area contributed by atoms with Crippen molar-refractivity contribution in [3.8, 4) is 0 Å². The van der Waals surface area contributed by atoms with Crippen LogP contribution >= 0.6 is 0 Å². The lowest BCUT2D eigenvalue weighted by Gasteiger charge is -2.20. The number of carbonyl (C=O) groups excluding carboxylic acids is 1. The molecule has 2 fully saturated rings. The first kappa shape index (κ1) is 11.9. The van der Waals surface area contributed by atoms with E-state index in [1.54, 1.807) is 0 Å². The molecule has 0 bridgehead atoms. The molecule has 1 amide bonds. The molecule has 2 N–H and O–H groups in total. The van der Waals surface area contributed by atoms with Gasteiger partial charge < -0.3 is 10.6 Å². The predicted octanol–water partition coefficient (Wildman–Crippen LogP) is 1.82. The molecule has 2 aliphatic rings. The Morgan fingerprint density at radius 1 is 1.00 bits per heavy atom. The molecule has 3 nitrogen and oxygen atoms in total. The minimum atomic E-state index is 0.297. The topological polar surface area (TPSA) is 41.1 Å². The van der Waals surface area contributed by atoms with Gasteiger partial charge in [-0.05, 0) is 38.6 Å². The molecule has 0 aliphatic heterocycles. The van der Waals surface area contributed by atoms with E-state index >= 15 is 0 Å². The summed E-state index contributed by atoms with van der Waals surface area (Å²) in [6, 6.07) is 0.786. The van der Waals surface area contributed by atoms with E-state index in [0.717, 1.165) is 38.4 Å². The van der Waals surface area contributed by atoms with Crippen LogP contribution in [0.15, 0.2) is 0 Å². The van der Waals surface area contributed by atoms with Gasteiger partial charge in [0, 0.05) is 18.5 Å². The van der Waals surface area contributed by atoms with Gasteiger partial charge >= 0.3 is 0 Å². The molecular weight excluding hydrogens is 200 g/mol. The SMILES string of the molecule is O=C(NCCCNC1CC1)C1CCCCC1. The number of rotatable bonds is 6. The number of nitrogens with one attached hydrogen (secondary N) is 2. The first-order valence-electron chi connectivity index (χ1n) is 6.87. The van der Waals surface area contributed by atoms with Gasteiger partial charge in [0.1, 0.15) is 0 Å². The Morgan fingerprint density at radius 2 is 1.75 bits per heavy atom. The third-order valence-electron chi connectivity index (χ3n) is 3.64. The van der Waals surface area contributed by atoms with Crippen LogP contribution in [0.5, 0.6) is 0 Å². The highest BCUT2D eigenvalue weighted by atomic mass is 16.1. The molecule has 0 heterocycles. The summed E-state index contributed by atoms with van der Waals surface area (Å²) in [6.45, 7) is 1.89. The highest BCUT2D eigenvalue weighted by Gasteiger charge is 2.21. The third-order valence-corrected chi connectivity index (χ3v) is 3.64. The average Bonchev–Trinajstić information content (AvgIpc) is 3.13. The van der Waals surface area contributed by atoms with Gasteiger partial charge in [0.15, 0.2) is 0 Å². The van der Waals surface area contributed by atoms with Gasteiger partial charge in [-0.25, -0.2) is 0 Å². The smallest absolute Gasteiger partial charge is 0.223 e. The monoisotopic (exact) mass is 224 g/mol. The third kappa shape index (κ3) is 4.12. The van der Waals surface area contributed by atoms with Gasteiger partial charge in [0.05, 0.1) is 0 Å². The van der Waals surface area contributed by atoms with Gasteiger partial charge in [0.2, 0.25) is 5.91 Å². The molecule has 0 radical (unpaired) electrons. The van der Waals surface area contributed by atoms with Crippen molar-refractivity contribution in [1.82, 2.24) is 10.6 Å². The van der Waals surface area contributed by atoms with Gasteiger partial charge in [-0.1, -0.05) is 19.3 Å². The van der Waals surface area contributed by atoms with E-state index in [9.17, 15) is 4.79 Å². The molecule has 0 aromatic heterocycles. The second-order valence-corrected chi connectivity index (χ2v) is 5.21. The van der Waals surface area contributed by atoms with Crippen LogP contribution in [0.1, 0.15) is 51.4 Å². The highest BCUT2D eigenvalue weighted by Crippen LogP contribution is 2.23. The van der Waals surface area contributed by atoms with E-state index in [-0.39, 0.29) is 0 Å². The fourth-order valence-electron chi connectivity index (χ4n) is 2.40. The lowest BCUT2D eigenvalue weighted by Crippen LogP contribution is -2.33. The molecule has 2 saturated carbocycles. The van der Waals surface area contributed by atoms with Crippen molar-refractivity contribution in [2.24, 2.45) is 5.92 Å². The predicted molar refractivity (Wildman–Crippen MR) is 65.2 cm³/mol. The van der Waals surface area contributed by atoms with Crippen molar-refractivity contribution in [1.29, 1.82) is 0 Å². The minimum absolute atomic E-state index is 0.297. The zero-order chi connectivity index (χ0) is 11.2. The van der Waals surface area contributed by atoms with Crippen LogP contribution in [0.4, 0.5) is 0 Å². The van der Waals surface area contributed by atoms with Crippen LogP contribution in [-0.4, -0.2) is 25.0 Å². The Hall–Kier alpha value is -0.570. The Bertz CT molecular complexity index is 220. The molecule has 0 aromatic rings. The first-order valence-corrected chi connectivity index (χ1v) is 6.87. The van der Waals surface area contributed by atoms with Crippen molar-refractivity contribution in [3.63, 3.8) is 0 Å². The molecular formula is C13H24N2O. The molecule has 0 unspecified atom stereocenters. The van der Waals surface area contributed by atoms with Crippen molar-refractivity contribution < 1.29 is 4.79 Å². The molecule has 0 atom stereocenters. The summed E-state index contributed by atoms with van der Waals surface area (Å²) in [5, 5.41) is 6.53. The maximum Gasteiger partial charge on any atom is 0.223 e. The molecule has 0 aromatic carbocycles. The summed E-state index contributed by atoms with van der Waals surface area (Å²) >= 11 is 0. The Morgan fingerprint density at radius 3 is 2.44 bits per heavy atom. The van der Waals surface area contributed by atoms with Gasteiger partial charge in [-0.2, -0.15) is 0 Å². The maximum atomic E-state index is 11.8. The average molecular weight is 224 g/mol. The second-order valence-electron chi connectivity index (χ2n) is 5.21. The Kier molecular flexibility index (Phi) is 4.64. The van der Waals surface area contributed by atoms with E-state index in [2.05, 4.69) is 10.6 Å². The summed E-state index contributed by atoms with van der Waals surface area (Å²) < 4.78 is 0. The summed E-state index contributed by atoms with van der Waals surface area (Å²) in [5.41, 5.74) is 0. The number of carbonyl (C=O) groups is 1. The van der Waals surface area contributed by atoms with Gasteiger partial charge in [-0.3, -0.25) is 4.79 Å². The Labute approximate surface area is 98.4 Å². The molecule has 2 rings (SSSR count). The zero-order valence-corrected chi connectivity index (χ0v) is 10.1. The standard InChI is InChI=1S/C13H24N2O/c16-13(11-5-2-1-3-6-11)15-10-4-9-14-12-7-8-12/h11-12,14H,1-10H2,(H,15,16). The molecule has 0 saturated heterocycles. The van der Waals surface area contributed by atoms with Crippen LogP contribution in [0, 0.1) is 5.92 Å². The van der Waals surface area contributed by atoms with Crippen molar-refractivity contribution in [3.05, 3.63) is 0 Å².